The number of carbonyl (C=O) groups is 2. The maximum absolute atomic E-state index is 13.2. The van der Waals surface area contributed by atoms with Gasteiger partial charge in [0.1, 0.15) is 5.82 Å². The topological polar surface area (TPSA) is 49.7 Å². The van der Waals surface area contributed by atoms with Crippen molar-refractivity contribution in [1.82, 2.24) is 5.01 Å². The molecule has 0 aromatic heterocycles. The van der Waals surface area contributed by atoms with Crippen LogP contribution >= 0.6 is 11.8 Å². The van der Waals surface area contributed by atoms with E-state index in [0.717, 1.165) is 21.7 Å². The van der Waals surface area contributed by atoms with Crippen LogP contribution in [0.15, 0.2) is 41.5 Å². The van der Waals surface area contributed by atoms with Crippen molar-refractivity contribution in [2.45, 2.75) is 33.6 Å². The van der Waals surface area contributed by atoms with Gasteiger partial charge < -0.3 is 0 Å². The van der Waals surface area contributed by atoms with Crippen molar-refractivity contribution in [3.8, 4) is 0 Å². The Morgan fingerprint density at radius 1 is 1.07 bits per heavy atom. The molecule has 0 aliphatic carbocycles. The minimum Gasteiger partial charge on any atom is -0.283 e. The molecule has 0 fully saturated rings. The number of thioether (sulfide) groups is 1. The molecule has 0 heterocycles. The number of hydrazone groups is 1. The number of ketones is 1. The van der Waals surface area contributed by atoms with Crippen molar-refractivity contribution in [3.63, 3.8) is 0 Å². The second kappa shape index (κ2) is 10.3. The molecule has 0 saturated carbocycles. The van der Waals surface area contributed by atoms with E-state index in [9.17, 15) is 14.0 Å². The van der Waals surface area contributed by atoms with Crippen LogP contribution in [0.5, 0.6) is 0 Å². The highest BCUT2D eigenvalue weighted by Gasteiger charge is 2.25. The first-order chi connectivity index (χ1) is 13.8. The first-order valence-electron chi connectivity index (χ1n) is 9.59. The molecular weight excluding hydrogens is 387 g/mol. The lowest BCUT2D eigenvalue weighted by Crippen LogP contribution is -2.32. The molecule has 0 unspecified atom stereocenters. The van der Waals surface area contributed by atoms with Gasteiger partial charge in [-0.05, 0) is 54.8 Å². The van der Waals surface area contributed by atoms with E-state index >= 15 is 0 Å². The van der Waals surface area contributed by atoms with Crippen LogP contribution in [0.25, 0.3) is 0 Å². The predicted molar refractivity (Wildman–Crippen MR) is 118 cm³/mol. The number of rotatable bonds is 8. The van der Waals surface area contributed by atoms with Crippen molar-refractivity contribution in [2.24, 2.45) is 5.10 Å². The fraction of sp³-hybridized carbons (Fsp3) is 0.348. The Morgan fingerprint density at radius 3 is 2.10 bits per heavy atom. The quantitative estimate of drug-likeness (QED) is 0.273. The van der Waals surface area contributed by atoms with Crippen LogP contribution < -0.4 is 0 Å². The van der Waals surface area contributed by atoms with Crippen LogP contribution in [-0.4, -0.2) is 41.5 Å². The predicted octanol–water partition coefficient (Wildman–Crippen LogP) is 4.67. The van der Waals surface area contributed by atoms with Crippen LogP contribution in [0, 0.1) is 12.7 Å². The summed E-state index contributed by atoms with van der Waals surface area (Å²) in [4.78, 5) is 26.0. The number of hydrogen-bond acceptors (Lipinski definition) is 4. The number of benzene rings is 2. The minimum absolute atomic E-state index is 0.338. The van der Waals surface area contributed by atoms with Crippen LogP contribution in [0.1, 0.15) is 46.5 Å². The van der Waals surface area contributed by atoms with Crippen molar-refractivity contribution in [2.75, 3.05) is 19.1 Å². The van der Waals surface area contributed by atoms with Crippen LogP contribution in [0.2, 0.25) is 0 Å². The lowest BCUT2D eigenvalue weighted by molar-refractivity contribution is -0.125. The highest BCUT2D eigenvalue weighted by atomic mass is 32.2. The smallest absolute Gasteiger partial charge is 0.283 e. The molecule has 0 saturated heterocycles. The van der Waals surface area contributed by atoms with Crippen molar-refractivity contribution < 1.29 is 14.0 Å². The van der Waals surface area contributed by atoms with Gasteiger partial charge in [0, 0.05) is 18.4 Å². The summed E-state index contributed by atoms with van der Waals surface area (Å²) in [6, 6.07) is 9.86. The molecule has 2 aromatic carbocycles. The van der Waals surface area contributed by atoms with Gasteiger partial charge in [-0.15, -0.1) is 0 Å². The van der Waals surface area contributed by atoms with Gasteiger partial charge in [-0.3, -0.25) is 9.59 Å². The number of hydrogen-bond donors (Lipinski definition) is 0. The van der Waals surface area contributed by atoms with E-state index in [1.165, 1.54) is 30.9 Å². The van der Waals surface area contributed by atoms with Crippen molar-refractivity contribution in [1.29, 1.82) is 0 Å². The average molecular weight is 415 g/mol. The summed E-state index contributed by atoms with van der Waals surface area (Å²) < 4.78 is 13.2. The third-order valence-corrected chi connectivity index (χ3v) is 5.21. The van der Waals surface area contributed by atoms with Crippen LogP contribution in [0.4, 0.5) is 4.39 Å². The fourth-order valence-corrected chi connectivity index (χ4v) is 3.72. The lowest BCUT2D eigenvalue weighted by Gasteiger charge is -2.17. The molecule has 0 aliphatic heterocycles. The maximum Gasteiger partial charge on any atom is 0.314 e. The summed E-state index contributed by atoms with van der Waals surface area (Å²) in [7, 11) is 1.48. The summed E-state index contributed by atoms with van der Waals surface area (Å²) in [5.41, 5.74) is 4.64. The fourth-order valence-electron chi connectivity index (χ4n) is 3.22. The van der Waals surface area contributed by atoms with E-state index in [1.54, 1.807) is 12.1 Å². The monoisotopic (exact) mass is 414 g/mol. The molecule has 154 valence electrons. The molecule has 0 aliphatic rings. The zero-order valence-electron chi connectivity index (χ0n) is 17.6. The summed E-state index contributed by atoms with van der Waals surface area (Å²) in [5.74, 6) is -1.04. The van der Waals surface area contributed by atoms with E-state index in [4.69, 9.17) is 0 Å². The second-order valence-corrected chi connectivity index (χ2v) is 7.68. The molecule has 0 atom stereocenters. The summed E-state index contributed by atoms with van der Waals surface area (Å²) in [6.07, 6.45) is 3.26. The third kappa shape index (κ3) is 5.54. The summed E-state index contributed by atoms with van der Waals surface area (Å²) in [6.45, 7) is 5.94. The molecule has 4 nitrogen and oxygen atoms in total. The molecule has 0 radical (unpaired) electrons. The van der Waals surface area contributed by atoms with Crippen LogP contribution in [-0.2, 0) is 17.6 Å². The minimum atomic E-state index is -0.682. The van der Waals surface area contributed by atoms with E-state index in [1.807, 2.05) is 39.2 Å². The number of nitrogens with zero attached hydrogens (tertiary/aromatic N) is 2. The molecule has 2 rings (SSSR count). The van der Waals surface area contributed by atoms with Crippen LogP contribution in [0.3, 0.4) is 0 Å². The van der Waals surface area contributed by atoms with Gasteiger partial charge in [0.2, 0.25) is 0 Å². The third-order valence-electron chi connectivity index (χ3n) is 4.65. The molecule has 29 heavy (non-hydrogen) atoms. The van der Waals surface area contributed by atoms with Crippen molar-refractivity contribution in [3.05, 3.63) is 70.0 Å². The van der Waals surface area contributed by atoms with Gasteiger partial charge in [-0.25, -0.2) is 9.40 Å². The number of carbonyl (C=O) groups excluding carboxylic acids is 2. The van der Waals surface area contributed by atoms with Gasteiger partial charge in [-0.2, -0.15) is 16.9 Å². The standard InChI is InChI=1S/C23H27FN2O2S/c1-6-16-12-15(3)13-17(7-2)21(16)22(27)23(28)26(4)25-20(14-29-5)18-8-10-19(24)11-9-18/h8-13H,6-7,14H2,1-5H3/b25-20+. The Bertz CT molecular complexity index is 898. The van der Waals surface area contributed by atoms with E-state index in [0.29, 0.717) is 35.4 Å². The zero-order valence-corrected chi connectivity index (χ0v) is 18.4. The molecule has 6 heteroatoms. The van der Waals surface area contributed by atoms with E-state index in [-0.39, 0.29) is 5.82 Å². The number of Topliss-reactive ketones (excluding diaryl/α,β-unsaturated/α-hetero) is 1. The molecule has 2 aromatic rings. The summed E-state index contributed by atoms with van der Waals surface area (Å²) in [5, 5.41) is 5.47. The molecule has 0 N–H and O–H groups in total. The zero-order chi connectivity index (χ0) is 21.6. The molecule has 0 spiro atoms. The van der Waals surface area contributed by atoms with Gasteiger partial charge >= 0.3 is 5.91 Å². The SMILES string of the molecule is CCc1cc(C)cc(CC)c1C(=O)C(=O)N(C)/N=C(\CSC)c1ccc(F)cc1. The first kappa shape index (κ1) is 22.8. The molecule has 0 bridgehead atoms. The van der Waals surface area contributed by atoms with Gasteiger partial charge in [0.05, 0.1) is 5.71 Å². The maximum atomic E-state index is 13.2. The second-order valence-electron chi connectivity index (χ2n) is 6.81. The van der Waals surface area contributed by atoms with E-state index in [2.05, 4.69) is 5.10 Å². The molecular formula is C23H27FN2O2S. The van der Waals surface area contributed by atoms with Gasteiger partial charge in [0.25, 0.3) is 5.78 Å². The average Bonchev–Trinajstić information content (AvgIpc) is 2.72. The molecule has 1 amide bonds. The summed E-state index contributed by atoms with van der Waals surface area (Å²) >= 11 is 1.53. The number of halogens is 1. The first-order valence-corrected chi connectivity index (χ1v) is 11.0. The van der Waals surface area contributed by atoms with Gasteiger partial charge in [0.15, 0.2) is 0 Å². The van der Waals surface area contributed by atoms with E-state index < -0.39 is 11.7 Å². The highest BCUT2D eigenvalue weighted by Crippen LogP contribution is 2.21. The largest absolute Gasteiger partial charge is 0.314 e. The Kier molecular flexibility index (Phi) is 8.14. The Morgan fingerprint density at radius 2 is 1.62 bits per heavy atom. The van der Waals surface area contributed by atoms with Crippen molar-refractivity contribution >= 4 is 29.2 Å². The number of aryl methyl sites for hydroxylation is 3. The Balaban J connectivity index is 2.39. The normalized spacial score (nSPS) is 11.4. The Labute approximate surface area is 176 Å². The Hall–Kier alpha value is -2.47. The lowest BCUT2D eigenvalue weighted by atomic mass is 9.92. The van der Waals surface area contributed by atoms with Gasteiger partial charge in [-0.1, -0.05) is 43.7 Å². The number of likely N-dealkylation sites (N-methyl/N-ethyl adjacent to an activating group) is 1. The highest BCUT2D eigenvalue weighted by molar-refractivity contribution is 7.99. The number of amides is 1.